The van der Waals surface area contributed by atoms with Gasteiger partial charge in [0.05, 0.1) is 6.10 Å². The molecule has 1 aromatic rings. The highest BCUT2D eigenvalue weighted by Crippen LogP contribution is 2.18. The van der Waals surface area contributed by atoms with E-state index in [0.29, 0.717) is 6.54 Å². The Balaban J connectivity index is 2.27. The molecule has 0 spiro atoms. The Bertz CT molecular complexity index is 273. The molecular weight excluding hydrogens is 206 g/mol. The predicted molar refractivity (Wildman–Crippen MR) is 66.5 cm³/mol. The SMILES string of the molecule is CCNCC(O)CSc1ccc(C)cc1. The van der Waals surface area contributed by atoms with Crippen LogP contribution < -0.4 is 5.32 Å². The van der Waals surface area contributed by atoms with Crippen LogP contribution in [0, 0.1) is 6.92 Å². The van der Waals surface area contributed by atoms with Gasteiger partial charge in [-0.2, -0.15) is 0 Å². The Hall–Kier alpha value is -0.510. The number of aliphatic hydroxyl groups is 1. The van der Waals surface area contributed by atoms with Crippen LogP contribution in [0.2, 0.25) is 0 Å². The number of benzene rings is 1. The van der Waals surface area contributed by atoms with Crippen molar-refractivity contribution >= 4 is 11.8 Å². The van der Waals surface area contributed by atoms with Crippen molar-refractivity contribution in [2.75, 3.05) is 18.8 Å². The highest BCUT2D eigenvalue weighted by Gasteiger charge is 2.03. The van der Waals surface area contributed by atoms with Crippen LogP contribution in [0.1, 0.15) is 12.5 Å². The Kier molecular flexibility index (Phi) is 5.76. The lowest BCUT2D eigenvalue weighted by Gasteiger charge is -2.10. The zero-order valence-electron chi connectivity index (χ0n) is 9.36. The van der Waals surface area contributed by atoms with E-state index in [9.17, 15) is 5.11 Å². The van der Waals surface area contributed by atoms with Gasteiger partial charge in [0.15, 0.2) is 0 Å². The first kappa shape index (κ1) is 12.6. The van der Waals surface area contributed by atoms with Crippen LogP contribution in [0.5, 0.6) is 0 Å². The van der Waals surface area contributed by atoms with Crippen LogP contribution >= 0.6 is 11.8 Å². The minimum Gasteiger partial charge on any atom is -0.391 e. The molecule has 3 heteroatoms. The molecule has 0 aliphatic carbocycles. The van der Waals surface area contributed by atoms with Gasteiger partial charge in [-0.25, -0.2) is 0 Å². The fourth-order valence-corrected chi connectivity index (χ4v) is 2.03. The number of likely N-dealkylation sites (N-methyl/N-ethyl adjacent to an activating group) is 1. The summed E-state index contributed by atoms with van der Waals surface area (Å²) in [5.74, 6) is 0.746. The molecule has 0 radical (unpaired) electrons. The number of nitrogens with one attached hydrogen (secondary N) is 1. The fraction of sp³-hybridized carbons (Fsp3) is 0.500. The lowest BCUT2D eigenvalue weighted by atomic mass is 10.2. The molecule has 15 heavy (non-hydrogen) atoms. The zero-order valence-corrected chi connectivity index (χ0v) is 10.2. The standard InChI is InChI=1S/C12H19NOS/c1-3-13-8-11(14)9-15-12-6-4-10(2)5-7-12/h4-7,11,13-14H,3,8-9H2,1-2H3. The van der Waals surface area contributed by atoms with Crippen LogP contribution in [-0.4, -0.2) is 30.1 Å². The lowest BCUT2D eigenvalue weighted by Crippen LogP contribution is -2.28. The van der Waals surface area contributed by atoms with Gasteiger partial charge in [0, 0.05) is 17.2 Å². The molecule has 1 atom stereocenters. The summed E-state index contributed by atoms with van der Waals surface area (Å²) in [5, 5.41) is 12.7. The summed E-state index contributed by atoms with van der Waals surface area (Å²) in [7, 11) is 0. The van der Waals surface area contributed by atoms with Crippen molar-refractivity contribution in [1.29, 1.82) is 0 Å². The first-order valence-electron chi connectivity index (χ1n) is 5.30. The van der Waals surface area contributed by atoms with E-state index < -0.39 is 0 Å². The maximum Gasteiger partial charge on any atom is 0.0758 e. The summed E-state index contributed by atoms with van der Waals surface area (Å²) in [6, 6.07) is 8.39. The Labute approximate surface area is 96.1 Å². The maximum absolute atomic E-state index is 9.61. The van der Waals surface area contributed by atoms with Crippen LogP contribution in [0.25, 0.3) is 0 Å². The van der Waals surface area contributed by atoms with Crippen molar-refractivity contribution in [3.05, 3.63) is 29.8 Å². The van der Waals surface area contributed by atoms with Crippen LogP contribution in [0.4, 0.5) is 0 Å². The highest BCUT2D eigenvalue weighted by atomic mass is 32.2. The molecule has 0 saturated heterocycles. The summed E-state index contributed by atoms with van der Waals surface area (Å²) in [4.78, 5) is 1.22. The van der Waals surface area contributed by atoms with Gasteiger partial charge in [0.2, 0.25) is 0 Å². The second-order valence-corrected chi connectivity index (χ2v) is 4.68. The van der Waals surface area contributed by atoms with E-state index in [1.165, 1.54) is 10.5 Å². The van der Waals surface area contributed by atoms with E-state index >= 15 is 0 Å². The maximum atomic E-state index is 9.61. The van der Waals surface area contributed by atoms with E-state index in [2.05, 4.69) is 36.5 Å². The second-order valence-electron chi connectivity index (χ2n) is 3.59. The molecular formula is C12H19NOS. The average molecular weight is 225 g/mol. The number of aryl methyl sites for hydroxylation is 1. The van der Waals surface area contributed by atoms with E-state index in [1.54, 1.807) is 11.8 Å². The third-order valence-electron chi connectivity index (χ3n) is 2.09. The van der Waals surface area contributed by atoms with Gasteiger partial charge in [-0.05, 0) is 25.6 Å². The molecule has 1 aromatic carbocycles. The van der Waals surface area contributed by atoms with Gasteiger partial charge in [0.25, 0.3) is 0 Å². The molecule has 2 N–H and O–H groups in total. The quantitative estimate of drug-likeness (QED) is 0.727. The van der Waals surface area contributed by atoms with Gasteiger partial charge in [-0.3, -0.25) is 0 Å². The molecule has 0 fully saturated rings. The number of thioether (sulfide) groups is 1. The van der Waals surface area contributed by atoms with Crippen LogP contribution in [0.3, 0.4) is 0 Å². The van der Waals surface area contributed by atoms with Crippen LogP contribution in [-0.2, 0) is 0 Å². The van der Waals surface area contributed by atoms with Crippen molar-refractivity contribution in [3.63, 3.8) is 0 Å². The largest absolute Gasteiger partial charge is 0.391 e. The molecule has 84 valence electrons. The second kappa shape index (κ2) is 6.88. The minimum atomic E-state index is -0.267. The topological polar surface area (TPSA) is 32.3 Å². The number of hydrogen-bond acceptors (Lipinski definition) is 3. The zero-order chi connectivity index (χ0) is 11.1. The molecule has 0 aliphatic heterocycles. The summed E-state index contributed by atoms with van der Waals surface area (Å²) in [6.07, 6.45) is -0.267. The van der Waals surface area contributed by atoms with Gasteiger partial charge < -0.3 is 10.4 Å². The fourth-order valence-electron chi connectivity index (χ4n) is 1.20. The number of hydrogen-bond donors (Lipinski definition) is 2. The van der Waals surface area contributed by atoms with Crippen molar-refractivity contribution in [3.8, 4) is 0 Å². The van der Waals surface area contributed by atoms with Crippen molar-refractivity contribution in [2.45, 2.75) is 24.8 Å². The van der Waals surface area contributed by atoms with Gasteiger partial charge >= 0.3 is 0 Å². The normalized spacial score (nSPS) is 12.7. The van der Waals surface area contributed by atoms with Crippen molar-refractivity contribution in [2.24, 2.45) is 0 Å². The van der Waals surface area contributed by atoms with Crippen molar-refractivity contribution < 1.29 is 5.11 Å². The Morgan fingerprint density at radius 2 is 2.00 bits per heavy atom. The average Bonchev–Trinajstić information content (AvgIpc) is 2.25. The Morgan fingerprint density at radius 1 is 1.33 bits per heavy atom. The number of rotatable bonds is 6. The van der Waals surface area contributed by atoms with Gasteiger partial charge in [-0.15, -0.1) is 11.8 Å². The first-order valence-corrected chi connectivity index (χ1v) is 6.29. The smallest absolute Gasteiger partial charge is 0.0758 e. The predicted octanol–water partition coefficient (Wildman–Crippen LogP) is 2.06. The lowest BCUT2D eigenvalue weighted by molar-refractivity contribution is 0.197. The third-order valence-corrected chi connectivity index (χ3v) is 3.25. The van der Waals surface area contributed by atoms with Crippen LogP contribution in [0.15, 0.2) is 29.2 Å². The molecule has 0 bridgehead atoms. The molecule has 0 aromatic heterocycles. The Morgan fingerprint density at radius 3 is 2.60 bits per heavy atom. The summed E-state index contributed by atoms with van der Waals surface area (Å²) >= 11 is 1.70. The molecule has 0 saturated carbocycles. The van der Waals surface area contributed by atoms with Gasteiger partial charge in [0.1, 0.15) is 0 Å². The van der Waals surface area contributed by atoms with Gasteiger partial charge in [-0.1, -0.05) is 24.6 Å². The highest BCUT2D eigenvalue weighted by molar-refractivity contribution is 7.99. The van der Waals surface area contributed by atoms with E-state index in [4.69, 9.17) is 0 Å². The third kappa shape index (κ3) is 5.21. The molecule has 2 nitrogen and oxygen atoms in total. The van der Waals surface area contributed by atoms with E-state index in [-0.39, 0.29) is 6.10 Å². The molecule has 0 heterocycles. The number of aliphatic hydroxyl groups excluding tert-OH is 1. The minimum absolute atomic E-state index is 0.267. The monoisotopic (exact) mass is 225 g/mol. The molecule has 1 rings (SSSR count). The first-order chi connectivity index (χ1) is 7.22. The molecule has 0 amide bonds. The molecule has 1 unspecified atom stereocenters. The molecule has 0 aliphatic rings. The van der Waals surface area contributed by atoms with Crippen molar-refractivity contribution in [1.82, 2.24) is 5.32 Å². The van der Waals surface area contributed by atoms with E-state index in [1.807, 2.05) is 6.92 Å². The summed E-state index contributed by atoms with van der Waals surface area (Å²) < 4.78 is 0. The summed E-state index contributed by atoms with van der Waals surface area (Å²) in [6.45, 7) is 5.70. The van der Waals surface area contributed by atoms with E-state index in [0.717, 1.165) is 12.3 Å². The summed E-state index contributed by atoms with van der Waals surface area (Å²) in [5.41, 5.74) is 1.27.